The van der Waals surface area contributed by atoms with E-state index in [-0.39, 0.29) is 18.4 Å². The Bertz CT molecular complexity index is 380. The molecular formula is C11H15ClF3N3. The molecule has 0 amide bonds. The van der Waals surface area contributed by atoms with Gasteiger partial charge in [-0.2, -0.15) is 13.2 Å². The molecule has 0 radical (unpaired) electrons. The van der Waals surface area contributed by atoms with Gasteiger partial charge in [-0.15, -0.1) is 12.4 Å². The predicted octanol–water partition coefficient (Wildman–Crippen LogP) is 2.10. The van der Waals surface area contributed by atoms with Crippen molar-refractivity contribution in [3.63, 3.8) is 0 Å². The number of nitrogens with zero attached hydrogens (tertiary/aromatic N) is 2. The van der Waals surface area contributed by atoms with Crippen LogP contribution in [-0.4, -0.2) is 36.6 Å². The highest BCUT2D eigenvalue weighted by molar-refractivity contribution is 5.85. The number of alkyl halides is 3. The molecule has 0 bridgehead atoms. The van der Waals surface area contributed by atoms with Crippen LogP contribution in [0.5, 0.6) is 0 Å². The fourth-order valence-corrected chi connectivity index (χ4v) is 1.87. The minimum Gasteiger partial charge on any atom is -0.306 e. The number of rotatable bonds is 1. The van der Waals surface area contributed by atoms with Crippen LogP contribution in [0.4, 0.5) is 13.2 Å². The van der Waals surface area contributed by atoms with Gasteiger partial charge >= 0.3 is 6.18 Å². The standard InChI is InChI=1S/C11H14F3N3.ClH/c1-17-5-4-15-10(7-17)9-3-2-8(6-16-9)11(12,13)14;/h2-3,6,10,15H,4-5,7H2,1H3;1H. The van der Waals surface area contributed by atoms with E-state index in [0.29, 0.717) is 5.69 Å². The average Bonchev–Trinajstić information content (AvgIpc) is 2.28. The van der Waals surface area contributed by atoms with Gasteiger partial charge in [0.05, 0.1) is 17.3 Å². The molecule has 1 aliphatic heterocycles. The molecule has 1 N–H and O–H groups in total. The number of aromatic nitrogens is 1. The van der Waals surface area contributed by atoms with E-state index >= 15 is 0 Å². The number of piperazine rings is 1. The van der Waals surface area contributed by atoms with Crippen molar-refractivity contribution in [1.29, 1.82) is 0 Å². The van der Waals surface area contributed by atoms with Crippen molar-refractivity contribution in [2.45, 2.75) is 12.2 Å². The van der Waals surface area contributed by atoms with Crippen molar-refractivity contribution >= 4 is 12.4 Å². The fraction of sp³-hybridized carbons (Fsp3) is 0.545. The number of likely N-dealkylation sites (N-methyl/N-ethyl adjacent to an activating group) is 1. The van der Waals surface area contributed by atoms with Crippen molar-refractivity contribution in [3.05, 3.63) is 29.6 Å². The van der Waals surface area contributed by atoms with Crippen LogP contribution in [0.25, 0.3) is 0 Å². The maximum absolute atomic E-state index is 12.4. The molecule has 1 atom stereocenters. The van der Waals surface area contributed by atoms with Crippen molar-refractivity contribution in [2.24, 2.45) is 0 Å². The van der Waals surface area contributed by atoms with Crippen LogP contribution in [0.3, 0.4) is 0 Å². The van der Waals surface area contributed by atoms with E-state index in [1.165, 1.54) is 6.07 Å². The summed E-state index contributed by atoms with van der Waals surface area (Å²) in [4.78, 5) is 6.02. The summed E-state index contributed by atoms with van der Waals surface area (Å²) >= 11 is 0. The van der Waals surface area contributed by atoms with Crippen LogP contribution in [0.15, 0.2) is 18.3 Å². The summed E-state index contributed by atoms with van der Waals surface area (Å²) in [6.45, 7) is 2.53. The van der Waals surface area contributed by atoms with Gasteiger partial charge in [0.1, 0.15) is 0 Å². The van der Waals surface area contributed by atoms with Gasteiger partial charge in [-0.3, -0.25) is 4.98 Å². The molecular weight excluding hydrogens is 267 g/mol. The Kier molecular flexibility index (Phi) is 4.95. The summed E-state index contributed by atoms with van der Waals surface area (Å²) in [5.41, 5.74) is -0.0463. The number of pyridine rings is 1. The van der Waals surface area contributed by atoms with E-state index in [4.69, 9.17) is 0 Å². The zero-order chi connectivity index (χ0) is 12.5. The Morgan fingerprint density at radius 3 is 2.61 bits per heavy atom. The minimum absolute atomic E-state index is 0. The van der Waals surface area contributed by atoms with Gasteiger partial charge in [0.15, 0.2) is 0 Å². The molecule has 1 aliphatic rings. The maximum Gasteiger partial charge on any atom is 0.417 e. The molecule has 1 saturated heterocycles. The Morgan fingerprint density at radius 1 is 1.39 bits per heavy atom. The van der Waals surface area contributed by atoms with E-state index in [9.17, 15) is 13.2 Å². The molecule has 0 aliphatic carbocycles. The summed E-state index contributed by atoms with van der Waals surface area (Å²) in [5.74, 6) is 0. The predicted molar refractivity (Wildman–Crippen MR) is 64.7 cm³/mol. The topological polar surface area (TPSA) is 28.2 Å². The quantitative estimate of drug-likeness (QED) is 0.854. The van der Waals surface area contributed by atoms with Gasteiger partial charge in [-0.05, 0) is 19.2 Å². The first kappa shape index (κ1) is 15.2. The number of hydrogen-bond donors (Lipinski definition) is 1. The second kappa shape index (κ2) is 5.86. The van der Waals surface area contributed by atoms with Gasteiger partial charge in [0.25, 0.3) is 0 Å². The summed E-state index contributed by atoms with van der Waals surface area (Å²) < 4.78 is 37.1. The van der Waals surface area contributed by atoms with Gasteiger partial charge in [-0.25, -0.2) is 0 Å². The zero-order valence-corrected chi connectivity index (χ0v) is 10.7. The Balaban J connectivity index is 0.00000162. The number of nitrogens with one attached hydrogen (secondary N) is 1. The lowest BCUT2D eigenvalue weighted by molar-refractivity contribution is -0.137. The van der Waals surface area contributed by atoms with Crippen LogP contribution in [-0.2, 0) is 6.18 Å². The molecule has 2 rings (SSSR count). The minimum atomic E-state index is -4.32. The number of halogens is 4. The van der Waals surface area contributed by atoms with Gasteiger partial charge in [-0.1, -0.05) is 0 Å². The number of hydrogen-bond acceptors (Lipinski definition) is 3. The molecule has 1 fully saturated rings. The third-order valence-electron chi connectivity index (χ3n) is 2.85. The third kappa shape index (κ3) is 3.57. The van der Waals surface area contributed by atoms with E-state index in [2.05, 4.69) is 15.2 Å². The van der Waals surface area contributed by atoms with Gasteiger partial charge in [0.2, 0.25) is 0 Å². The summed E-state index contributed by atoms with van der Waals surface area (Å²) in [7, 11) is 1.98. The molecule has 2 heterocycles. The van der Waals surface area contributed by atoms with Crippen LogP contribution in [0.2, 0.25) is 0 Å². The SMILES string of the molecule is CN1CCNC(c2ccc(C(F)(F)F)cn2)C1.Cl. The summed E-state index contributed by atoms with van der Waals surface area (Å²) in [6.07, 6.45) is -3.42. The Labute approximate surface area is 110 Å². The second-order valence-electron chi connectivity index (χ2n) is 4.24. The molecule has 3 nitrogen and oxygen atoms in total. The Morgan fingerprint density at radius 2 is 2.11 bits per heavy atom. The lowest BCUT2D eigenvalue weighted by Crippen LogP contribution is -2.44. The van der Waals surface area contributed by atoms with Crippen LogP contribution in [0.1, 0.15) is 17.3 Å². The van der Waals surface area contributed by atoms with Crippen LogP contribution >= 0.6 is 12.4 Å². The van der Waals surface area contributed by atoms with E-state index in [1.807, 2.05) is 7.05 Å². The van der Waals surface area contributed by atoms with Crippen LogP contribution in [0, 0.1) is 0 Å². The zero-order valence-electron chi connectivity index (χ0n) is 9.87. The second-order valence-corrected chi connectivity index (χ2v) is 4.24. The molecule has 1 unspecified atom stereocenters. The van der Waals surface area contributed by atoms with Gasteiger partial charge < -0.3 is 10.2 Å². The molecule has 1 aromatic rings. The molecule has 102 valence electrons. The highest BCUT2D eigenvalue weighted by Gasteiger charge is 2.31. The molecule has 18 heavy (non-hydrogen) atoms. The molecule has 0 spiro atoms. The van der Waals surface area contributed by atoms with Gasteiger partial charge in [0, 0.05) is 25.8 Å². The molecule has 0 aromatic carbocycles. The molecule has 1 aromatic heterocycles. The molecule has 0 saturated carbocycles. The average molecular weight is 282 g/mol. The third-order valence-corrected chi connectivity index (χ3v) is 2.85. The summed E-state index contributed by atoms with van der Waals surface area (Å²) in [6, 6.07) is 2.54. The van der Waals surface area contributed by atoms with Crippen molar-refractivity contribution in [2.75, 3.05) is 26.7 Å². The first-order chi connectivity index (χ1) is 7.97. The lowest BCUT2D eigenvalue weighted by Gasteiger charge is -2.30. The highest BCUT2D eigenvalue weighted by Crippen LogP contribution is 2.29. The largest absolute Gasteiger partial charge is 0.417 e. The Hall–Kier alpha value is -0.850. The van der Waals surface area contributed by atoms with Crippen molar-refractivity contribution < 1.29 is 13.2 Å². The normalized spacial score (nSPS) is 21.4. The first-order valence-corrected chi connectivity index (χ1v) is 5.42. The van der Waals surface area contributed by atoms with Crippen molar-refractivity contribution in [3.8, 4) is 0 Å². The van der Waals surface area contributed by atoms with Crippen molar-refractivity contribution in [1.82, 2.24) is 15.2 Å². The smallest absolute Gasteiger partial charge is 0.306 e. The maximum atomic E-state index is 12.4. The summed E-state index contributed by atoms with van der Waals surface area (Å²) in [5, 5.41) is 3.24. The van der Waals surface area contributed by atoms with E-state index in [1.54, 1.807) is 0 Å². The monoisotopic (exact) mass is 281 g/mol. The van der Waals surface area contributed by atoms with E-state index < -0.39 is 11.7 Å². The van der Waals surface area contributed by atoms with Crippen LogP contribution < -0.4 is 5.32 Å². The fourth-order valence-electron chi connectivity index (χ4n) is 1.87. The highest BCUT2D eigenvalue weighted by atomic mass is 35.5. The lowest BCUT2D eigenvalue weighted by atomic mass is 10.1. The molecule has 7 heteroatoms. The first-order valence-electron chi connectivity index (χ1n) is 5.42. The van der Waals surface area contributed by atoms with E-state index in [0.717, 1.165) is 31.9 Å².